The van der Waals surface area contributed by atoms with Crippen LogP contribution in [-0.4, -0.2) is 29.8 Å². The van der Waals surface area contributed by atoms with E-state index in [0.29, 0.717) is 12.6 Å². The highest BCUT2D eigenvalue weighted by Gasteiger charge is 2.18. The number of methoxy groups -OCH3 is 1. The van der Waals surface area contributed by atoms with Gasteiger partial charge in [0.2, 0.25) is 0 Å². The first-order valence-electron chi connectivity index (χ1n) is 6.02. The van der Waals surface area contributed by atoms with Crippen molar-refractivity contribution in [2.45, 2.75) is 46.4 Å². The summed E-state index contributed by atoms with van der Waals surface area (Å²) in [4.78, 5) is 7.74. The average Bonchev–Trinajstić information content (AvgIpc) is 2.73. The largest absolute Gasteiger partial charge is 0.391 e. The van der Waals surface area contributed by atoms with E-state index in [1.165, 1.54) is 0 Å². The lowest BCUT2D eigenvalue weighted by Gasteiger charge is -2.26. The summed E-state index contributed by atoms with van der Waals surface area (Å²) >= 11 is 1.56. The lowest BCUT2D eigenvalue weighted by molar-refractivity contribution is 0.179. The van der Waals surface area contributed by atoms with Crippen molar-refractivity contribution in [1.82, 2.24) is 4.98 Å². The second kappa shape index (κ2) is 6.93. The van der Waals surface area contributed by atoms with Crippen molar-refractivity contribution in [2.75, 3.05) is 18.6 Å². The van der Waals surface area contributed by atoms with E-state index in [9.17, 15) is 5.11 Å². The summed E-state index contributed by atoms with van der Waals surface area (Å²) in [6, 6.07) is 0.466. The van der Waals surface area contributed by atoms with Crippen LogP contribution in [0, 0.1) is 0 Å². The van der Waals surface area contributed by atoms with Gasteiger partial charge in [-0.25, -0.2) is 4.98 Å². The molecule has 1 unspecified atom stereocenters. The summed E-state index contributed by atoms with van der Waals surface area (Å²) < 4.78 is 5.10. The van der Waals surface area contributed by atoms with Gasteiger partial charge in [0.05, 0.1) is 23.8 Å². The van der Waals surface area contributed by atoms with Crippen molar-refractivity contribution in [1.29, 1.82) is 0 Å². The van der Waals surface area contributed by atoms with Gasteiger partial charge in [0.25, 0.3) is 0 Å². The molecule has 4 nitrogen and oxygen atoms in total. The van der Waals surface area contributed by atoms with Gasteiger partial charge in [-0.2, -0.15) is 0 Å². The minimum absolute atomic E-state index is 0.0361. The van der Waals surface area contributed by atoms with Crippen LogP contribution in [0.2, 0.25) is 0 Å². The zero-order valence-electron chi connectivity index (χ0n) is 11.1. The van der Waals surface area contributed by atoms with Gasteiger partial charge in [0.1, 0.15) is 0 Å². The number of thiazole rings is 1. The van der Waals surface area contributed by atoms with Crippen LogP contribution in [0.15, 0.2) is 0 Å². The molecule has 98 valence electrons. The first-order valence-corrected chi connectivity index (χ1v) is 6.84. The molecule has 0 amide bonds. The minimum Gasteiger partial charge on any atom is -0.391 e. The Morgan fingerprint density at radius 2 is 2.18 bits per heavy atom. The van der Waals surface area contributed by atoms with E-state index >= 15 is 0 Å². The molecule has 1 aromatic rings. The zero-order valence-corrected chi connectivity index (χ0v) is 11.9. The van der Waals surface area contributed by atoms with E-state index < -0.39 is 0 Å². The van der Waals surface area contributed by atoms with E-state index in [0.717, 1.165) is 28.7 Å². The van der Waals surface area contributed by atoms with Crippen LogP contribution in [0.1, 0.15) is 37.8 Å². The summed E-state index contributed by atoms with van der Waals surface area (Å²) in [5, 5.41) is 10.3. The Kier molecular flexibility index (Phi) is 5.88. The van der Waals surface area contributed by atoms with Crippen LogP contribution in [0.4, 0.5) is 5.13 Å². The number of rotatable bonds is 7. The molecule has 0 aliphatic rings. The first kappa shape index (κ1) is 14.4. The van der Waals surface area contributed by atoms with Gasteiger partial charge in [-0.1, -0.05) is 18.3 Å². The molecule has 5 heteroatoms. The number of anilines is 1. The number of aromatic nitrogens is 1. The molecule has 0 saturated heterocycles. The molecule has 0 fully saturated rings. The summed E-state index contributed by atoms with van der Waals surface area (Å²) in [5.41, 5.74) is 0.858. The third kappa shape index (κ3) is 3.40. The number of ether oxygens (including phenoxy) is 1. The predicted molar refractivity (Wildman–Crippen MR) is 71.5 cm³/mol. The van der Waals surface area contributed by atoms with Crippen LogP contribution >= 0.6 is 11.3 Å². The van der Waals surface area contributed by atoms with E-state index in [4.69, 9.17) is 4.74 Å². The second-order valence-corrected chi connectivity index (χ2v) is 5.06. The van der Waals surface area contributed by atoms with Crippen molar-refractivity contribution in [3.63, 3.8) is 0 Å². The van der Waals surface area contributed by atoms with Crippen LogP contribution in [0.3, 0.4) is 0 Å². The summed E-state index contributed by atoms with van der Waals surface area (Å²) in [6.07, 6.45) is 1.08. The standard InChI is InChI=1S/C12H22N2O2S/c1-5-9(3)14(6-2)12-13-10(8-16-4)11(7-15)17-12/h9,15H,5-8H2,1-4H3. The quantitative estimate of drug-likeness (QED) is 0.816. The van der Waals surface area contributed by atoms with Gasteiger partial charge in [0, 0.05) is 19.7 Å². The maximum atomic E-state index is 9.31. The van der Waals surface area contributed by atoms with Gasteiger partial charge in [-0.3, -0.25) is 0 Å². The Morgan fingerprint density at radius 3 is 2.65 bits per heavy atom. The van der Waals surface area contributed by atoms with E-state index in [1.54, 1.807) is 18.4 Å². The molecule has 0 aliphatic carbocycles. The normalized spacial score (nSPS) is 12.8. The summed E-state index contributed by atoms with van der Waals surface area (Å²) in [7, 11) is 1.65. The molecule has 0 aliphatic heterocycles. The van der Waals surface area contributed by atoms with Crippen molar-refractivity contribution in [3.05, 3.63) is 10.6 Å². The minimum atomic E-state index is 0.0361. The third-order valence-electron chi connectivity index (χ3n) is 2.90. The van der Waals surface area contributed by atoms with Gasteiger partial charge >= 0.3 is 0 Å². The molecular formula is C12H22N2O2S. The van der Waals surface area contributed by atoms with Crippen molar-refractivity contribution < 1.29 is 9.84 Å². The van der Waals surface area contributed by atoms with Crippen LogP contribution in [0.5, 0.6) is 0 Å². The topological polar surface area (TPSA) is 45.6 Å². The smallest absolute Gasteiger partial charge is 0.186 e. The predicted octanol–water partition coefficient (Wildman–Crippen LogP) is 2.41. The summed E-state index contributed by atoms with van der Waals surface area (Å²) in [6.45, 7) is 7.92. The maximum absolute atomic E-state index is 9.31. The molecule has 17 heavy (non-hydrogen) atoms. The van der Waals surface area contributed by atoms with E-state index in [1.807, 2.05) is 0 Å². The van der Waals surface area contributed by atoms with Crippen LogP contribution < -0.4 is 4.90 Å². The second-order valence-electron chi connectivity index (χ2n) is 4.00. The highest BCUT2D eigenvalue weighted by molar-refractivity contribution is 7.15. The Labute approximate surface area is 107 Å². The lowest BCUT2D eigenvalue weighted by Crippen LogP contribution is -2.32. The van der Waals surface area contributed by atoms with Crippen molar-refractivity contribution in [2.24, 2.45) is 0 Å². The fourth-order valence-corrected chi connectivity index (χ4v) is 2.81. The Bertz CT molecular complexity index is 341. The van der Waals surface area contributed by atoms with Crippen molar-refractivity contribution in [3.8, 4) is 0 Å². The number of hydrogen-bond acceptors (Lipinski definition) is 5. The SMILES string of the molecule is CCC(C)N(CC)c1nc(COC)c(CO)s1. The molecule has 0 radical (unpaired) electrons. The molecule has 1 atom stereocenters. The zero-order chi connectivity index (χ0) is 12.8. The van der Waals surface area contributed by atoms with Gasteiger partial charge in [0.15, 0.2) is 5.13 Å². The van der Waals surface area contributed by atoms with Gasteiger partial charge in [-0.05, 0) is 20.3 Å². The van der Waals surface area contributed by atoms with Gasteiger partial charge in [-0.15, -0.1) is 0 Å². The molecule has 1 aromatic heterocycles. The molecule has 1 heterocycles. The van der Waals surface area contributed by atoms with E-state index in [-0.39, 0.29) is 6.61 Å². The molecule has 0 saturated carbocycles. The molecule has 1 rings (SSSR count). The monoisotopic (exact) mass is 258 g/mol. The summed E-state index contributed by atoms with van der Waals surface area (Å²) in [5.74, 6) is 0. The molecule has 0 aromatic carbocycles. The fourth-order valence-electron chi connectivity index (χ4n) is 1.72. The number of hydrogen-bond donors (Lipinski definition) is 1. The van der Waals surface area contributed by atoms with Crippen molar-refractivity contribution >= 4 is 16.5 Å². The molecule has 1 N–H and O–H groups in total. The average molecular weight is 258 g/mol. The van der Waals surface area contributed by atoms with E-state index in [2.05, 4.69) is 30.7 Å². The Balaban J connectivity index is 2.96. The molecule has 0 bridgehead atoms. The highest BCUT2D eigenvalue weighted by Crippen LogP contribution is 2.28. The third-order valence-corrected chi connectivity index (χ3v) is 4.02. The van der Waals surface area contributed by atoms with Crippen LogP contribution in [0.25, 0.3) is 0 Å². The van der Waals surface area contributed by atoms with Crippen LogP contribution in [-0.2, 0) is 18.0 Å². The number of nitrogens with zero attached hydrogens (tertiary/aromatic N) is 2. The maximum Gasteiger partial charge on any atom is 0.186 e. The highest BCUT2D eigenvalue weighted by atomic mass is 32.1. The Morgan fingerprint density at radius 1 is 1.47 bits per heavy atom. The number of aliphatic hydroxyl groups is 1. The number of aliphatic hydroxyl groups excluding tert-OH is 1. The first-order chi connectivity index (χ1) is 8.17. The fraction of sp³-hybridized carbons (Fsp3) is 0.750. The molecular weight excluding hydrogens is 236 g/mol. The molecule has 0 spiro atoms. The Hall–Kier alpha value is -0.650. The lowest BCUT2D eigenvalue weighted by atomic mass is 10.2. The van der Waals surface area contributed by atoms with Gasteiger partial charge < -0.3 is 14.7 Å².